The second-order valence-electron chi connectivity index (χ2n) is 8.93. The molecular formula is C30H33NO4. The van der Waals surface area contributed by atoms with E-state index >= 15 is 0 Å². The SMILES string of the molecule is COc1ccc(/C=C/C(=O)c2ccc(N3CCOCC3)cc2)cc1COc1ccc(C(C)C)cc1. The summed E-state index contributed by atoms with van der Waals surface area (Å²) in [4.78, 5) is 15.0. The second kappa shape index (κ2) is 11.7. The fourth-order valence-electron chi connectivity index (χ4n) is 4.05. The van der Waals surface area contributed by atoms with Gasteiger partial charge in [0.1, 0.15) is 18.1 Å². The highest BCUT2D eigenvalue weighted by Gasteiger charge is 2.12. The van der Waals surface area contributed by atoms with Crippen molar-refractivity contribution in [3.8, 4) is 11.5 Å². The Kier molecular flexibility index (Phi) is 8.22. The largest absolute Gasteiger partial charge is 0.496 e. The molecule has 4 rings (SSSR count). The summed E-state index contributed by atoms with van der Waals surface area (Å²) >= 11 is 0. The van der Waals surface area contributed by atoms with Gasteiger partial charge in [0.05, 0.1) is 20.3 Å². The summed E-state index contributed by atoms with van der Waals surface area (Å²) < 4.78 is 16.9. The van der Waals surface area contributed by atoms with Crippen molar-refractivity contribution in [2.24, 2.45) is 0 Å². The number of ketones is 1. The number of allylic oxidation sites excluding steroid dienone is 1. The quantitative estimate of drug-likeness (QED) is 0.278. The first-order valence-electron chi connectivity index (χ1n) is 12.1. The number of rotatable bonds is 9. The number of carbonyl (C=O) groups is 1. The molecular weight excluding hydrogens is 438 g/mol. The molecule has 0 unspecified atom stereocenters. The molecule has 3 aromatic carbocycles. The topological polar surface area (TPSA) is 48.0 Å². The molecule has 182 valence electrons. The van der Waals surface area contributed by atoms with Crippen molar-refractivity contribution >= 4 is 17.5 Å². The minimum Gasteiger partial charge on any atom is -0.496 e. The Morgan fingerprint density at radius 1 is 1.00 bits per heavy atom. The number of ether oxygens (including phenoxy) is 3. The van der Waals surface area contributed by atoms with E-state index in [1.807, 2.05) is 60.7 Å². The van der Waals surface area contributed by atoms with E-state index in [9.17, 15) is 4.79 Å². The van der Waals surface area contributed by atoms with Crippen LogP contribution in [-0.2, 0) is 11.3 Å². The van der Waals surface area contributed by atoms with Gasteiger partial charge in [0.2, 0.25) is 0 Å². The number of benzene rings is 3. The maximum absolute atomic E-state index is 12.7. The Labute approximate surface area is 207 Å². The summed E-state index contributed by atoms with van der Waals surface area (Å²) in [5.74, 6) is 2.02. The van der Waals surface area contributed by atoms with Crippen LogP contribution in [-0.4, -0.2) is 39.2 Å². The maximum atomic E-state index is 12.7. The fourth-order valence-corrected chi connectivity index (χ4v) is 4.05. The average Bonchev–Trinajstić information content (AvgIpc) is 2.91. The first-order chi connectivity index (χ1) is 17.0. The van der Waals surface area contributed by atoms with Crippen molar-refractivity contribution in [3.05, 3.63) is 95.1 Å². The number of carbonyl (C=O) groups excluding carboxylic acids is 1. The maximum Gasteiger partial charge on any atom is 0.185 e. The van der Waals surface area contributed by atoms with E-state index in [2.05, 4.69) is 30.9 Å². The third kappa shape index (κ3) is 6.52. The van der Waals surface area contributed by atoms with Crippen LogP contribution in [0.1, 0.15) is 46.8 Å². The summed E-state index contributed by atoms with van der Waals surface area (Å²) in [6.07, 6.45) is 3.44. The molecule has 1 saturated heterocycles. The van der Waals surface area contributed by atoms with Crippen LogP contribution in [0.2, 0.25) is 0 Å². The predicted molar refractivity (Wildman–Crippen MR) is 141 cm³/mol. The van der Waals surface area contributed by atoms with Crippen molar-refractivity contribution in [3.63, 3.8) is 0 Å². The lowest BCUT2D eigenvalue weighted by molar-refractivity contribution is 0.104. The molecule has 1 heterocycles. The first-order valence-corrected chi connectivity index (χ1v) is 12.1. The Morgan fingerprint density at radius 2 is 1.71 bits per heavy atom. The minimum atomic E-state index is -0.0302. The number of hydrogen-bond acceptors (Lipinski definition) is 5. The predicted octanol–water partition coefficient (Wildman–Crippen LogP) is 6.13. The first kappa shape index (κ1) is 24.6. The number of nitrogens with zero attached hydrogens (tertiary/aromatic N) is 1. The van der Waals surface area contributed by atoms with Crippen molar-refractivity contribution in [2.45, 2.75) is 26.4 Å². The van der Waals surface area contributed by atoms with Gasteiger partial charge < -0.3 is 19.1 Å². The molecule has 0 spiro atoms. The van der Waals surface area contributed by atoms with Gasteiger partial charge in [-0.05, 0) is 71.7 Å². The van der Waals surface area contributed by atoms with Crippen LogP contribution >= 0.6 is 0 Å². The average molecular weight is 472 g/mol. The molecule has 0 amide bonds. The van der Waals surface area contributed by atoms with Gasteiger partial charge in [-0.25, -0.2) is 0 Å². The van der Waals surface area contributed by atoms with Gasteiger partial charge in [0.15, 0.2) is 5.78 Å². The summed E-state index contributed by atoms with van der Waals surface area (Å²) in [5.41, 5.74) is 4.90. The van der Waals surface area contributed by atoms with E-state index < -0.39 is 0 Å². The molecule has 3 aromatic rings. The van der Waals surface area contributed by atoms with Gasteiger partial charge in [-0.3, -0.25) is 4.79 Å². The monoisotopic (exact) mass is 471 g/mol. The van der Waals surface area contributed by atoms with E-state index in [1.165, 1.54) is 5.56 Å². The zero-order valence-electron chi connectivity index (χ0n) is 20.7. The van der Waals surface area contributed by atoms with E-state index in [1.54, 1.807) is 13.2 Å². The normalized spacial score (nSPS) is 13.9. The lowest BCUT2D eigenvalue weighted by Crippen LogP contribution is -2.36. The Morgan fingerprint density at radius 3 is 2.37 bits per heavy atom. The van der Waals surface area contributed by atoms with Crippen molar-refractivity contribution < 1.29 is 19.0 Å². The molecule has 5 heteroatoms. The Balaban J connectivity index is 1.40. The molecule has 35 heavy (non-hydrogen) atoms. The van der Waals surface area contributed by atoms with Crippen LogP contribution in [0.5, 0.6) is 11.5 Å². The van der Waals surface area contributed by atoms with E-state index in [0.717, 1.165) is 54.6 Å². The van der Waals surface area contributed by atoms with E-state index in [-0.39, 0.29) is 5.78 Å². The molecule has 1 aliphatic rings. The summed E-state index contributed by atoms with van der Waals surface area (Å²) in [6, 6.07) is 21.8. The number of morpholine rings is 1. The van der Waals surface area contributed by atoms with Gasteiger partial charge >= 0.3 is 0 Å². The molecule has 5 nitrogen and oxygen atoms in total. The third-order valence-corrected chi connectivity index (χ3v) is 6.20. The summed E-state index contributed by atoms with van der Waals surface area (Å²) in [7, 11) is 1.65. The lowest BCUT2D eigenvalue weighted by Gasteiger charge is -2.28. The molecule has 1 aliphatic heterocycles. The molecule has 0 radical (unpaired) electrons. The lowest BCUT2D eigenvalue weighted by atomic mass is 10.0. The van der Waals surface area contributed by atoms with Crippen LogP contribution in [0.25, 0.3) is 6.08 Å². The van der Waals surface area contributed by atoms with Crippen LogP contribution in [0.4, 0.5) is 5.69 Å². The van der Waals surface area contributed by atoms with Gasteiger partial charge in [-0.15, -0.1) is 0 Å². The van der Waals surface area contributed by atoms with Crippen molar-refractivity contribution in [1.29, 1.82) is 0 Å². The molecule has 1 fully saturated rings. The standard InChI is InChI=1S/C30H33NO4/c1-22(2)24-8-12-28(13-9-24)35-21-26-20-23(5-15-30(26)33-3)4-14-29(32)25-6-10-27(11-7-25)31-16-18-34-19-17-31/h4-15,20,22H,16-19,21H2,1-3H3/b14-4+. The molecule has 0 aliphatic carbocycles. The van der Waals surface area contributed by atoms with Gasteiger partial charge in [0, 0.05) is 29.9 Å². The van der Waals surface area contributed by atoms with E-state index in [4.69, 9.17) is 14.2 Å². The highest BCUT2D eigenvalue weighted by atomic mass is 16.5. The van der Waals surface area contributed by atoms with Gasteiger partial charge in [-0.2, -0.15) is 0 Å². The van der Waals surface area contributed by atoms with Crippen molar-refractivity contribution in [2.75, 3.05) is 38.3 Å². The third-order valence-electron chi connectivity index (χ3n) is 6.20. The minimum absolute atomic E-state index is 0.0302. The Bertz CT molecular complexity index is 1140. The van der Waals surface area contributed by atoms with Crippen LogP contribution in [0.15, 0.2) is 72.8 Å². The highest BCUT2D eigenvalue weighted by Crippen LogP contribution is 2.24. The molecule has 0 bridgehead atoms. The number of methoxy groups -OCH3 is 1. The highest BCUT2D eigenvalue weighted by molar-refractivity contribution is 6.07. The smallest absolute Gasteiger partial charge is 0.185 e. The Hall–Kier alpha value is -3.57. The molecule has 0 saturated carbocycles. The fraction of sp³-hybridized carbons (Fsp3) is 0.300. The molecule has 0 atom stereocenters. The van der Waals surface area contributed by atoms with Crippen LogP contribution in [0.3, 0.4) is 0 Å². The van der Waals surface area contributed by atoms with Gasteiger partial charge in [0.25, 0.3) is 0 Å². The van der Waals surface area contributed by atoms with E-state index in [0.29, 0.717) is 18.1 Å². The zero-order valence-corrected chi connectivity index (χ0v) is 20.7. The van der Waals surface area contributed by atoms with Crippen LogP contribution in [0, 0.1) is 0 Å². The molecule has 0 N–H and O–H groups in total. The second-order valence-corrected chi connectivity index (χ2v) is 8.93. The molecule has 0 aromatic heterocycles. The van der Waals surface area contributed by atoms with Crippen molar-refractivity contribution in [1.82, 2.24) is 0 Å². The zero-order chi connectivity index (χ0) is 24.6. The van der Waals surface area contributed by atoms with Crippen LogP contribution < -0.4 is 14.4 Å². The van der Waals surface area contributed by atoms with Gasteiger partial charge in [-0.1, -0.05) is 38.1 Å². The number of anilines is 1. The number of hydrogen-bond donors (Lipinski definition) is 0. The summed E-state index contributed by atoms with van der Waals surface area (Å²) in [5, 5.41) is 0. The summed E-state index contributed by atoms with van der Waals surface area (Å²) in [6.45, 7) is 7.95.